The van der Waals surface area contributed by atoms with Crippen LogP contribution in [-0.2, 0) is 4.74 Å². The highest BCUT2D eigenvalue weighted by Crippen LogP contribution is 2.19. The Labute approximate surface area is 111 Å². The van der Waals surface area contributed by atoms with Crippen LogP contribution >= 0.6 is 0 Å². The number of hydrogen-bond donors (Lipinski definition) is 1. The summed E-state index contributed by atoms with van der Waals surface area (Å²) in [6.07, 6.45) is 7.89. The Hall–Kier alpha value is -1.95. The Kier molecular flexibility index (Phi) is 3.41. The van der Waals surface area contributed by atoms with E-state index in [1.807, 2.05) is 12.1 Å². The van der Waals surface area contributed by atoms with Gasteiger partial charge in [-0.15, -0.1) is 0 Å². The summed E-state index contributed by atoms with van der Waals surface area (Å²) in [4.78, 5) is 8.23. The molecule has 6 nitrogen and oxygen atoms in total. The largest absolute Gasteiger partial charge is 0.381 e. The third-order valence-corrected chi connectivity index (χ3v) is 3.26. The van der Waals surface area contributed by atoms with Crippen LogP contribution in [0.3, 0.4) is 0 Å². The lowest BCUT2D eigenvalue weighted by molar-refractivity contribution is 0.0637. The third-order valence-electron chi connectivity index (χ3n) is 3.26. The number of rotatable bonds is 4. The second-order valence-corrected chi connectivity index (χ2v) is 4.77. The van der Waals surface area contributed by atoms with Crippen LogP contribution in [0.5, 0.6) is 0 Å². The van der Waals surface area contributed by atoms with Gasteiger partial charge in [0.25, 0.3) is 0 Å². The van der Waals surface area contributed by atoms with E-state index in [0.29, 0.717) is 12.2 Å². The highest BCUT2D eigenvalue weighted by atomic mass is 16.5. The van der Waals surface area contributed by atoms with Gasteiger partial charge in [-0.3, -0.25) is 0 Å². The van der Waals surface area contributed by atoms with Crippen molar-refractivity contribution in [2.24, 2.45) is 0 Å². The van der Waals surface area contributed by atoms with Crippen molar-refractivity contribution in [3.63, 3.8) is 0 Å². The number of aromatic nitrogens is 4. The molecule has 3 heterocycles. The highest BCUT2D eigenvalue weighted by Gasteiger charge is 2.21. The predicted molar refractivity (Wildman–Crippen MR) is 71.2 cm³/mol. The van der Waals surface area contributed by atoms with E-state index in [-0.39, 0.29) is 0 Å². The number of nitrogens with zero attached hydrogens (tertiary/aromatic N) is 4. The number of anilines is 1. The molecule has 0 radical (unpaired) electrons. The lowest BCUT2D eigenvalue weighted by Gasteiger charge is -2.13. The lowest BCUT2D eigenvalue weighted by atomic mass is 10.2. The molecule has 3 rings (SSSR count). The van der Waals surface area contributed by atoms with Gasteiger partial charge in [0, 0.05) is 6.54 Å². The first-order valence-electron chi connectivity index (χ1n) is 6.51. The van der Waals surface area contributed by atoms with Crippen LogP contribution in [0.4, 0.5) is 5.69 Å². The molecule has 1 saturated heterocycles. The van der Waals surface area contributed by atoms with Crippen LogP contribution in [-0.4, -0.2) is 38.5 Å². The van der Waals surface area contributed by atoms with Gasteiger partial charge in [0.15, 0.2) is 5.82 Å². The van der Waals surface area contributed by atoms with Crippen molar-refractivity contribution in [3.8, 4) is 5.82 Å². The third kappa shape index (κ3) is 2.90. The molecule has 6 heteroatoms. The average Bonchev–Trinajstić information content (AvgIpc) is 3.08. The van der Waals surface area contributed by atoms with Crippen molar-refractivity contribution in [3.05, 3.63) is 31.0 Å². The van der Waals surface area contributed by atoms with Gasteiger partial charge in [0.05, 0.1) is 24.1 Å². The summed E-state index contributed by atoms with van der Waals surface area (Å²) in [5.41, 5.74) is 0.993. The van der Waals surface area contributed by atoms with E-state index in [1.165, 1.54) is 6.33 Å². The molecular weight excluding hydrogens is 242 g/mol. The number of hydrogen-bond acceptors (Lipinski definition) is 5. The first-order chi connectivity index (χ1) is 9.31. The molecule has 1 aliphatic rings. The van der Waals surface area contributed by atoms with Crippen LogP contribution in [0.25, 0.3) is 5.82 Å². The lowest BCUT2D eigenvalue weighted by Crippen LogP contribution is -2.19. The molecule has 0 bridgehead atoms. The van der Waals surface area contributed by atoms with E-state index in [2.05, 4.69) is 27.3 Å². The van der Waals surface area contributed by atoms with Crippen molar-refractivity contribution in [2.75, 3.05) is 11.9 Å². The molecule has 1 aliphatic heterocycles. The molecule has 2 unspecified atom stereocenters. The monoisotopic (exact) mass is 259 g/mol. The van der Waals surface area contributed by atoms with Crippen LogP contribution < -0.4 is 5.32 Å². The summed E-state index contributed by atoms with van der Waals surface area (Å²) in [7, 11) is 0. The Balaban J connectivity index is 1.57. The normalized spacial score (nSPS) is 22.6. The summed E-state index contributed by atoms with van der Waals surface area (Å²) in [6.45, 7) is 2.95. The maximum atomic E-state index is 5.76. The maximum Gasteiger partial charge on any atom is 0.155 e. The molecule has 0 aliphatic carbocycles. The number of pyridine rings is 1. The van der Waals surface area contributed by atoms with E-state index in [4.69, 9.17) is 4.74 Å². The first-order valence-corrected chi connectivity index (χ1v) is 6.51. The Morgan fingerprint density at radius 3 is 3.00 bits per heavy atom. The van der Waals surface area contributed by atoms with Gasteiger partial charge >= 0.3 is 0 Å². The quantitative estimate of drug-likeness (QED) is 0.904. The molecule has 0 saturated carbocycles. The zero-order valence-corrected chi connectivity index (χ0v) is 10.9. The zero-order chi connectivity index (χ0) is 13.1. The molecule has 0 aromatic carbocycles. The topological polar surface area (TPSA) is 64.9 Å². The van der Waals surface area contributed by atoms with Gasteiger partial charge in [0.1, 0.15) is 12.7 Å². The Bertz CT molecular complexity index is 510. The molecule has 1 N–H and O–H groups in total. The number of nitrogens with one attached hydrogen (secondary N) is 1. The molecule has 0 spiro atoms. The minimum Gasteiger partial charge on any atom is -0.381 e. The van der Waals surface area contributed by atoms with Gasteiger partial charge in [-0.25, -0.2) is 14.6 Å². The summed E-state index contributed by atoms with van der Waals surface area (Å²) in [5.74, 6) is 0.758. The molecular formula is C13H17N5O. The standard InChI is InChI=1S/C13H17N5O/c1-10-2-4-12(19-10)7-15-11-3-5-13(16-6-11)18-9-14-8-17-18/h3,5-6,8-10,12,15H,2,4,7H2,1H3. The molecule has 2 aromatic heterocycles. The molecule has 100 valence electrons. The van der Waals surface area contributed by atoms with Crippen LogP contribution in [0.2, 0.25) is 0 Å². The van der Waals surface area contributed by atoms with Crippen molar-refractivity contribution in [1.29, 1.82) is 0 Å². The molecule has 2 aromatic rings. The SMILES string of the molecule is CC1CCC(CNc2ccc(-n3cncn3)nc2)O1. The Morgan fingerprint density at radius 1 is 1.42 bits per heavy atom. The summed E-state index contributed by atoms with van der Waals surface area (Å²) >= 11 is 0. The summed E-state index contributed by atoms with van der Waals surface area (Å²) in [6, 6.07) is 3.90. The zero-order valence-electron chi connectivity index (χ0n) is 10.9. The fourth-order valence-electron chi connectivity index (χ4n) is 2.22. The Morgan fingerprint density at radius 2 is 2.37 bits per heavy atom. The predicted octanol–water partition coefficient (Wildman–Crippen LogP) is 1.64. The summed E-state index contributed by atoms with van der Waals surface area (Å²) in [5, 5.41) is 7.38. The number of ether oxygens (including phenoxy) is 1. The average molecular weight is 259 g/mol. The smallest absolute Gasteiger partial charge is 0.155 e. The van der Waals surface area contributed by atoms with Gasteiger partial charge < -0.3 is 10.1 Å². The van der Waals surface area contributed by atoms with E-state index >= 15 is 0 Å². The van der Waals surface area contributed by atoms with Gasteiger partial charge in [0.2, 0.25) is 0 Å². The van der Waals surface area contributed by atoms with E-state index < -0.39 is 0 Å². The molecule has 2 atom stereocenters. The minimum atomic E-state index is 0.310. The molecule has 19 heavy (non-hydrogen) atoms. The van der Waals surface area contributed by atoms with E-state index in [0.717, 1.165) is 30.9 Å². The minimum absolute atomic E-state index is 0.310. The maximum absolute atomic E-state index is 5.76. The second-order valence-electron chi connectivity index (χ2n) is 4.77. The van der Waals surface area contributed by atoms with Gasteiger partial charge in [-0.1, -0.05) is 0 Å². The van der Waals surface area contributed by atoms with Crippen LogP contribution in [0, 0.1) is 0 Å². The van der Waals surface area contributed by atoms with E-state index in [9.17, 15) is 0 Å². The summed E-state index contributed by atoms with van der Waals surface area (Å²) < 4.78 is 7.39. The fraction of sp³-hybridized carbons (Fsp3) is 0.462. The highest BCUT2D eigenvalue weighted by molar-refractivity contribution is 5.43. The van der Waals surface area contributed by atoms with Crippen molar-refractivity contribution >= 4 is 5.69 Å². The van der Waals surface area contributed by atoms with Crippen LogP contribution in [0.1, 0.15) is 19.8 Å². The fourth-order valence-corrected chi connectivity index (χ4v) is 2.22. The molecule has 1 fully saturated rings. The van der Waals surface area contributed by atoms with Gasteiger partial charge in [-0.2, -0.15) is 5.10 Å². The van der Waals surface area contributed by atoms with Crippen LogP contribution in [0.15, 0.2) is 31.0 Å². The van der Waals surface area contributed by atoms with Gasteiger partial charge in [-0.05, 0) is 31.9 Å². The van der Waals surface area contributed by atoms with E-state index in [1.54, 1.807) is 17.2 Å². The van der Waals surface area contributed by atoms with Crippen molar-refractivity contribution in [2.45, 2.75) is 32.0 Å². The van der Waals surface area contributed by atoms with Crippen molar-refractivity contribution < 1.29 is 4.74 Å². The second kappa shape index (κ2) is 5.36. The van der Waals surface area contributed by atoms with Crippen molar-refractivity contribution in [1.82, 2.24) is 19.7 Å². The first kappa shape index (κ1) is 12.1. The molecule has 0 amide bonds.